The van der Waals surface area contributed by atoms with Crippen molar-refractivity contribution in [3.63, 3.8) is 0 Å². The van der Waals surface area contributed by atoms with E-state index in [0.717, 1.165) is 22.9 Å². The molecule has 5 rings (SSSR count). The number of amides is 1. The van der Waals surface area contributed by atoms with Crippen LogP contribution in [0.2, 0.25) is 0 Å². The van der Waals surface area contributed by atoms with Gasteiger partial charge in [0.2, 0.25) is 5.91 Å². The van der Waals surface area contributed by atoms with Crippen molar-refractivity contribution in [2.75, 3.05) is 19.6 Å². The molecular formula is C29H33FN4O5. The Kier molecular flexibility index (Phi) is 7.02. The number of esters is 1. The Bertz CT molecular complexity index is 1570. The van der Waals surface area contributed by atoms with Crippen molar-refractivity contribution in [1.29, 1.82) is 0 Å². The number of pyridine rings is 2. The van der Waals surface area contributed by atoms with Crippen LogP contribution in [0.4, 0.5) is 4.39 Å². The average Bonchev–Trinajstić information content (AvgIpc) is 3.29. The lowest BCUT2D eigenvalue weighted by Crippen LogP contribution is -2.44. The van der Waals surface area contributed by atoms with Crippen LogP contribution in [0.15, 0.2) is 23.0 Å². The Labute approximate surface area is 225 Å². The Morgan fingerprint density at radius 1 is 1.23 bits per heavy atom. The van der Waals surface area contributed by atoms with Crippen molar-refractivity contribution in [1.82, 2.24) is 14.5 Å². The van der Waals surface area contributed by atoms with Crippen LogP contribution < -0.4 is 11.3 Å². The molecule has 39 heavy (non-hydrogen) atoms. The lowest BCUT2D eigenvalue weighted by Gasteiger charge is -2.31. The van der Waals surface area contributed by atoms with E-state index in [0.29, 0.717) is 48.4 Å². The summed E-state index contributed by atoms with van der Waals surface area (Å²) in [5, 5.41) is 11.9. The zero-order valence-corrected chi connectivity index (χ0v) is 22.5. The molecule has 3 aromatic rings. The predicted octanol–water partition coefficient (Wildman–Crippen LogP) is 2.66. The first kappa shape index (κ1) is 27.0. The van der Waals surface area contributed by atoms with Crippen molar-refractivity contribution in [2.24, 2.45) is 5.73 Å². The molecule has 2 aliphatic rings. The molecular weight excluding hydrogens is 503 g/mol. The molecule has 206 valence electrons. The molecule has 0 spiro atoms. The summed E-state index contributed by atoms with van der Waals surface area (Å²) < 4.78 is 21.4. The first-order chi connectivity index (χ1) is 18.6. The van der Waals surface area contributed by atoms with Crippen molar-refractivity contribution in [3.05, 3.63) is 62.2 Å². The number of aromatic nitrogens is 2. The van der Waals surface area contributed by atoms with Crippen molar-refractivity contribution in [3.8, 4) is 11.4 Å². The van der Waals surface area contributed by atoms with Gasteiger partial charge in [0.05, 0.1) is 35.6 Å². The fourth-order valence-corrected chi connectivity index (χ4v) is 5.78. The Morgan fingerprint density at radius 2 is 2.00 bits per heavy atom. The third kappa shape index (κ3) is 4.31. The van der Waals surface area contributed by atoms with E-state index < -0.39 is 11.6 Å². The molecule has 0 saturated heterocycles. The Hall–Kier alpha value is -3.63. The zero-order chi connectivity index (χ0) is 28.1. The highest BCUT2D eigenvalue weighted by Crippen LogP contribution is 2.40. The predicted molar refractivity (Wildman–Crippen MR) is 143 cm³/mol. The molecule has 10 heteroatoms. The van der Waals surface area contributed by atoms with Gasteiger partial charge in [0.25, 0.3) is 5.56 Å². The molecule has 0 aliphatic carbocycles. The van der Waals surface area contributed by atoms with E-state index in [2.05, 4.69) is 0 Å². The maximum atomic E-state index is 14.6. The minimum Gasteiger partial charge on any atom is -0.458 e. The lowest BCUT2D eigenvalue weighted by atomic mass is 9.86. The van der Waals surface area contributed by atoms with Crippen LogP contribution in [0.25, 0.3) is 22.3 Å². The van der Waals surface area contributed by atoms with Crippen LogP contribution in [0.5, 0.6) is 0 Å². The third-order valence-electron chi connectivity index (χ3n) is 7.96. The van der Waals surface area contributed by atoms with E-state index >= 15 is 0 Å². The van der Waals surface area contributed by atoms with Gasteiger partial charge in [-0.15, -0.1) is 0 Å². The van der Waals surface area contributed by atoms with Gasteiger partial charge < -0.3 is 25.0 Å². The molecule has 2 aromatic heterocycles. The standard InChI is InChI=1S/C29H33FN4O5/c1-4-8-33(25(35)13-31)9-6-7-17-18-10-16(3)22(30)12-23(18)32-26-19(17)14-34-24(26)11-21-20(27(34)36)15-39-28(37)29(21,38)5-2/h10-12,38H,4-9,13-15,31H2,1-3H3/t29-/m0/s1. The topological polar surface area (TPSA) is 128 Å². The number of ether oxygens (including phenoxy) is 1. The molecule has 9 nitrogen and oxygen atoms in total. The summed E-state index contributed by atoms with van der Waals surface area (Å²) in [6.07, 6.45) is 2.09. The Morgan fingerprint density at radius 3 is 2.69 bits per heavy atom. The van der Waals surface area contributed by atoms with Gasteiger partial charge in [0, 0.05) is 35.7 Å². The maximum absolute atomic E-state index is 14.6. The largest absolute Gasteiger partial charge is 0.458 e. The van der Waals surface area contributed by atoms with Gasteiger partial charge in [-0.2, -0.15) is 0 Å². The number of aryl methyl sites for hydroxylation is 2. The summed E-state index contributed by atoms with van der Waals surface area (Å²) in [5.74, 6) is -1.27. The van der Waals surface area contributed by atoms with E-state index in [1.807, 2.05) is 6.92 Å². The minimum absolute atomic E-state index is 0.0469. The van der Waals surface area contributed by atoms with Crippen LogP contribution in [0, 0.1) is 12.7 Å². The van der Waals surface area contributed by atoms with Crippen LogP contribution in [-0.4, -0.2) is 51.1 Å². The second-order valence-electron chi connectivity index (χ2n) is 10.3. The number of rotatable bonds is 8. The molecule has 1 atom stereocenters. The molecule has 0 radical (unpaired) electrons. The smallest absolute Gasteiger partial charge is 0.343 e. The molecule has 0 bridgehead atoms. The molecule has 2 aliphatic heterocycles. The maximum Gasteiger partial charge on any atom is 0.343 e. The van der Waals surface area contributed by atoms with E-state index in [-0.39, 0.29) is 54.5 Å². The number of hydrogen-bond acceptors (Lipinski definition) is 7. The van der Waals surface area contributed by atoms with Crippen molar-refractivity contribution in [2.45, 2.75) is 65.2 Å². The Balaban J connectivity index is 1.64. The minimum atomic E-state index is -1.92. The van der Waals surface area contributed by atoms with Gasteiger partial charge in [0.15, 0.2) is 5.60 Å². The number of halogens is 1. The summed E-state index contributed by atoms with van der Waals surface area (Å²) in [7, 11) is 0. The SMILES string of the molecule is CCCN(CCCc1c2c(nc3cc(F)c(C)cc13)-c1cc3c(c(=O)n1C2)COC(=O)[C@]3(O)CC)C(=O)CN. The average molecular weight is 537 g/mol. The lowest BCUT2D eigenvalue weighted by molar-refractivity contribution is -0.172. The number of nitrogens with zero attached hydrogens (tertiary/aromatic N) is 3. The molecule has 0 fully saturated rings. The second kappa shape index (κ2) is 10.2. The van der Waals surface area contributed by atoms with Crippen molar-refractivity contribution >= 4 is 22.8 Å². The third-order valence-corrected chi connectivity index (χ3v) is 7.96. The fraction of sp³-hybridized carbons (Fsp3) is 0.448. The number of cyclic esters (lactones) is 1. The monoisotopic (exact) mass is 536 g/mol. The van der Waals surface area contributed by atoms with E-state index in [4.69, 9.17) is 15.5 Å². The van der Waals surface area contributed by atoms with Crippen molar-refractivity contribution < 1.29 is 23.8 Å². The molecule has 3 N–H and O–H groups in total. The van der Waals surface area contributed by atoms with Gasteiger partial charge in [-0.05, 0) is 55.9 Å². The van der Waals surface area contributed by atoms with Crippen LogP contribution in [0.3, 0.4) is 0 Å². The quantitative estimate of drug-likeness (QED) is 0.332. The van der Waals surface area contributed by atoms with E-state index in [1.165, 1.54) is 6.07 Å². The number of benzene rings is 1. The number of fused-ring (bicyclic) bond motifs is 5. The number of nitrogens with two attached hydrogens (primary N) is 1. The first-order valence-electron chi connectivity index (χ1n) is 13.4. The van der Waals surface area contributed by atoms with Gasteiger partial charge >= 0.3 is 5.97 Å². The second-order valence-corrected chi connectivity index (χ2v) is 10.3. The number of carbonyl (C=O) groups excluding carboxylic acids is 2. The summed E-state index contributed by atoms with van der Waals surface area (Å²) in [5.41, 5.74) is 7.55. The van der Waals surface area contributed by atoms with Gasteiger partial charge in [0.1, 0.15) is 12.4 Å². The number of aliphatic hydroxyl groups is 1. The van der Waals surface area contributed by atoms with Crippen LogP contribution in [0.1, 0.15) is 60.9 Å². The molecule has 4 heterocycles. The molecule has 0 saturated carbocycles. The van der Waals surface area contributed by atoms with Crippen LogP contribution >= 0.6 is 0 Å². The highest BCUT2D eigenvalue weighted by atomic mass is 19.1. The van der Waals surface area contributed by atoms with Gasteiger partial charge in [-0.3, -0.25) is 9.59 Å². The summed E-state index contributed by atoms with van der Waals surface area (Å²) in [4.78, 5) is 44.9. The highest BCUT2D eigenvalue weighted by Gasteiger charge is 2.45. The first-order valence-corrected chi connectivity index (χ1v) is 13.4. The molecule has 0 unspecified atom stereocenters. The molecule has 1 amide bonds. The van der Waals surface area contributed by atoms with Gasteiger partial charge in [-0.25, -0.2) is 14.2 Å². The van der Waals surface area contributed by atoms with Crippen LogP contribution in [-0.2, 0) is 39.5 Å². The highest BCUT2D eigenvalue weighted by molar-refractivity contribution is 5.89. The summed E-state index contributed by atoms with van der Waals surface area (Å²) in [6, 6.07) is 4.83. The normalized spacial score (nSPS) is 17.5. The fourth-order valence-electron chi connectivity index (χ4n) is 5.78. The summed E-state index contributed by atoms with van der Waals surface area (Å²) >= 11 is 0. The molecule has 1 aromatic carbocycles. The number of hydrogen-bond donors (Lipinski definition) is 2. The van der Waals surface area contributed by atoms with E-state index in [1.54, 1.807) is 35.4 Å². The van der Waals surface area contributed by atoms with Gasteiger partial charge in [-0.1, -0.05) is 13.8 Å². The summed E-state index contributed by atoms with van der Waals surface area (Å²) in [6.45, 7) is 6.49. The van der Waals surface area contributed by atoms with E-state index in [9.17, 15) is 23.9 Å². The zero-order valence-electron chi connectivity index (χ0n) is 22.5. The number of carbonyl (C=O) groups is 2.